The van der Waals surface area contributed by atoms with Crippen molar-refractivity contribution in [1.82, 2.24) is 0 Å². The Bertz CT molecular complexity index is 188. The number of hydrogen-bond donors (Lipinski definition) is 0. The third-order valence-corrected chi connectivity index (χ3v) is 10.3. The van der Waals surface area contributed by atoms with Crippen LogP contribution in [0, 0.1) is 0 Å². The molecule has 0 bridgehead atoms. The quantitative estimate of drug-likeness (QED) is 0.173. The van der Waals surface area contributed by atoms with Gasteiger partial charge < -0.3 is 0 Å². The summed E-state index contributed by atoms with van der Waals surface area (Å²) < 4.78 is 0. The third-order valence-electron chi connectivity index (χ3n) is 5.65. The van der Waals surface area contributed by atoms with Crippen molar-refractivity contribution in [2.24, 2.45) is 0 Å². The van der Waals surface area contributed by atoms with Crippen LogP contribution in [0.3, 0.4) is 0 Å². The van der Waals surface area contributed by atoms with E-state index in [0.29, 0.717) is 0 Å². The van der Waals surface area contributed by atoms with Crippen molar-refractivity contribution in [3.05, 3.63) is 0 Å². The summed E-state index contributed by atoms with van der Waals surface area (Å²) in [5.41, 5.74) is 0. The van der Waals surface area contributed by atoms with Crippen molar-refractivity contribution in [1.29, 1.82) is 0 Å². The van der Waals surface area contributed by atoms with Crippen molar-refractivity contribution in [2.75, 3.05) is 25.2 Å². The van der Waals surface area contributed by atoms with Gasteiger partial charge in [0.25, 0.3) is 0 Å². The van der Waals surface area contributed by atoms with Crippen LogP contribution in [0.25, 0.3) is 0 Å². The van der Waals surface area contributed by atoms with E-state index in [1.807, 2.05) is 0 Å². The summed E-state index contributed by atoms with van der Waals surface area (Å²) in [6.45, 7) is 9.72. The second kappa shape index (κ2) is 17.3. The molecule has 0 N–H and O–H groups in total. The standard InChI is InChI=1S/C22H49P/c1-5-8-11-14-17-20-23(4,21-18-15-12-9-6-2)22-19-16-13-10-7-3/h23H,5-22H2,1-4H3. The van der Waals surface area contributed by atoms with E-state index in [1.165, 1.54) is 96.3 Å². The molecule has 0 aromatic rings. The monoisotopic (exact) mass is 344 g/mol. The molecule has 0 atom stereocenters. The molecule has 0 aliphatic carbocycles. The Hall–Kier alpha value is 0.430. The van der Waals surface area contributed by atoms with Crippen molar-refractivity contribution in [3.8, 4) is 0 Å². The topological polar surface area (TPSA) is 0 Å². The van der Waals surface area contributed by atoms with Crippen molar-refractivity contribution < 1.29 is 0 Å². The summed E-state index contributed by atoms with van der Waals surface area (Å²) in [7, 11) is -0.930. The molecule has 1 heteroatoms. The Morgan fingerprint density at radius 2 is 0.652 bits per heavy atom. The predicted octanol–water partition coefficient (Wildman–Crippen LogP) is 8.28. The molecule has 0 spiro atoms. The fourth-order valence-corrected chi connectivity index (χ4v) is 7.90. The molecule has 0 aromatic carbocycles. The van der Waals surface area contributed by atoms with Crippen LogP contribution in [-0.4, -0.2) is 25.2 Å². The van der Waals surface area contributed by atoms with Crippen LogP contribution >= 0.6 is 7.26 Å². The van der Waals surface area contributed by atoms with Gasteiger partial charge in [-0.2, -0.15) is 0 Å². The normalized spacial score (nSPS) is 12.7. The minimum absolute atomic E-state index is 0.930. The first-order chi connectivity index (χ1) is 11.2. The van der Waals surface area contributed by atoms with Gasteiger partial charge in [-0.15, -0.1) is 0 Å². The van der Waals surface area contributed by atoms with Crippen molar-refractivity contribution in [3.63, 3.8) is 0 Å². The van der Waals surface area contributed by atoms with Gasteiger partial charge >= 0.3 is 149 Å². The van der Waals surface area contributed by atoms with Crippen LogP contribution in [0.15, 0.2) is 0 Å². The van der Waals surface area contributed by atoms with Gasteiger partial charge in [0.05, 0.1) is 0 Å². The molecule has 0 heterocycles. The molecule has 23 heavy (non-hydrogen) atoms. The van der Waals surface area contributed by atoms with E-state index in [2.05, 4.69) is 27.4 Å². The number of hydrogen-bond acceptors (Lipinski definition) is 0. The Kier molecular flexibility index (Phi) is 17.6. The van der Waals surface area contributed by atoms with Crippen LogP contribution in [0.4, 0.5) is 0 Å². The van der Waals surface area contributed by atoms with Crippen LogP contribution in [0.1, 0.15) is 117 Å². The molecule has 0 aliphatic rings. The van der Waals surface area contributed by atoms with E-state index in [9.17, 15) is 0 Å². The van der Waals surface area contributed by atoms with Gasteiger partial charge in [0.2, 0.25) is 0 Å². The van der Waals surface area contributed by atoms with Crippen LogP contribution < -0.4 is 0 Å². The average Bonchev–Trinajstić information content (AvgIpc) is 2.54. The fraction of sp³-hybridized carbons (Fsp3) is 1.00. The Labute approximate surface area is 149 Å². The van der Waals surface area contributed by atoms with Gasteiger partial charge in [-0.1, -0.05) is 0 Å². The first kappa shape index (κ1) is 23.4. The minimum atomic E-state index is -0.930. The van der Waals surface area contributed by atoms with E-state index in [4.69, 9.17) is 0 Å². The second-order valence-corrected chi connectivity index (χ2v) is 13.4. The summed E-state index contributed by atoms with van der Waals surface area (Å²) in [6.07, 6.45) is 26.9. The number of rotatable bonds is 18. The van der Waals surface area contributed by atoms with Crippen molar-refractivity contribution >= 4 is 7.26 Å². The zero-order chi connectivity index (χ0) is 17.2. The first-order valence-electron chi connectivity index (χ1n) is 11.2. The maximum atomic E-state index is 2.74. The van der Waals surface area contributed by atoms with Gasteiger partial charge in [0.1, 0.15) is 0 Å². The molecule has 0 rings (SSSR count). The fourth-order valence-electron chi connectivity index (χ4n) is 3.84. The molecule has 0 saturated heterocycles. The second-order valence-electron chi connectivity index (χ2n) is 8.30. The summed E-state index contributed by atoms with van der Waals surface area (Å²) in [4.78, 5) is 0. The molecule has 142 valence electrons. The van der Waals surface area contributed by atoms with Crippen LogP contribution in [0.2, 0.25) is 0 Å². The third kappa shape index (κ3) is 15.7. The average molecular weight is 345 g/mol. The van der Waals surface area contributed by atoms with Crippen LogP contribution in [-0.2, 0) is 0 Å². The summed E-state index contributed by atoms with van der Waals surface area (Å²) in [5, 5.41) is 0. The molecule has 0 amide bonds. The number of unbranched alkanes of at least 4 members (excludes halogenated alkanes) is 12. The summed E-state index contributed by atoms with van der Waals surface area (Å²) in [5.74, 6) is 0. The Balaban J connectivity index is 4.00. The molecule has 0 fully saturated rings. The maximum absolute atomic E-state index is 2.74. The molecule has 0 aromatic heterocycles. The van der Waals surface area contributed by atoms with E-state index < -0.39 is 7.26 Å². The van der Waals surface area contributed by atoms with Gasteiger partial charge in [0, 0.05) is 0 Å². The molecule has 0 saturated carbocycles. The predicted molar refractivity (Wildman–Crippen MR) is 115 cm³/mol. The Morgan fingerprint density at radius 1 is 0.391 bits per heavy atom. The van der Waals surface area contributed by atoms with E-state index in [1.54, 1.807) is 18.5 Å². The van der Waals surface area contributed by atoms with E-state index in [0.717, 1.165) is 0 Å². The van der Waals surface area contributed by atoms with Crippen LogP contribution in [0.5, 0.6) is 0 Å². The van der Waals surface area contributed by atoms with Crippen molar-refractivity contribution in [2.45, 2.75) is 117 Å². The molecule has 0 radical (unpaired) electrons. The summed E-state index contributed by atoms with van der Waals surface area (Å²) >= 11 is 0. The van der Waals surface area contributed by atoms with E-state index >= 15 is 0 Å². The molecular formula is C22H49P. The zero-order valence-electron chi connectivity index (χ0n) is 17.2. The van der Waals surface area contributed by atoms with Gasteiger partial charge in [-0.05, 0) is 0 Å². The molecular weight excluding hydrogens is 295 g/mol. The molecule has 0 unspecified atom stereocenters. The van der Waals surface area contributed by atoms with Gasteiger partial charge in [-0.3, -0.25) is 0 Å². The Morgan fingerprint density at radius 3 is 0.913 bits per heavy atom. The van der Waals surface area contributed by atoms with Gasteiger partial charge in [-0.25, -0.2) is 0 Å². The molecule has 0 nitrogen and oxygen atoms in total. The SMILES string of the molecule is CCCCCCC[PH](C)(CCCCCCC)CCCCCCC. The summed E-state index contributed by atoms with van der Waals surface area (Å²) in [6, 6.07) is 0. The van der Waals surface area contributed by atoms with E-state index in [-0.39, 0.29) is 0 Å². The molecule has 0 aliphatic heterocycles. The van der Waals surface area contributed by atoms with Gasteiger partial charge in [0.15, 0.2) is 0 Å². The first-order valence-corrected chi connectivity index (χ1v) is 14.3. The zero-order valence-corrected chi connectivity index (χ0v) is 18.2.